The van der Waals surface area contributed by atoms with Crippen LogP contribution in [0.3, 0.4) is 0 Å². The summed E-state index contributed by atoms with van der Waals surface area (Å²) in [5, 5.41) is 14.3. The van der Waals surface area contributed by atoms with Gasteiger partial charge in [0, 0.05) is 13.0 Å². The number of thioether (sulfide) groups is 1. The number of alkyl carbamates (subject to hydrolysis) is 1. The van der Waals surface area contributed by atoms with Crippen LogP contribution in [0.1, 0.15) is 23.5 Å². The maximum atomic E-state index is 12.4. The molecule has 0 bridgehead atoms. The molecule has 2 amide bonds. The number of carbonyl (C=O) groups is 3. The highest BCUT2D eigenvalue weighted by Gasteiger charge is 2.29. The highest BCUT2D eigenvalue weighted by Crippen LogP contribution is 2.44. The van der Waals surface area contributed by atoms with E-state index >= 15 is 0 Å². The maximum Gasteiger partial charge on any atom is 0.407 e. The molecule has 2 atom stereocenters. The number of carbonyl (C=O) groups excluding carboxylic acids is 2. The van der Waals surface area contributed by atoms with Crippen molar-refractivity contribution in [3.8, 4) is 11.1 Å². The van der Waals surface area contributed by atoms with E-state index in [0.29, 0.717) is 12.2 Å². The van der Waals surface area contributed by atoms with Gasteiger partial charge in [0.25, 0.3) is 5.91 Å². The van der Waals surface area contributed by atoms with Crippen molar-refractivity contribution in [2.45, 2.75) is 24.5 Å². The van der Waals surface area contributed by atoms with Crippen LogP contribution in [0, 0.1) is 0 Å². The second-order valence-electron chi connectivity index (χ2n) is 7.61. The molecule has 33 heavy (non-hydrogen) atoms. The van der Waals surface area contributed by atoms with Crippen LogP contribution in [-0.4, -0.2) is 67.5 Å². The summed E-state index contributed by atoms with van der Waals surface area (Å²) < 4.78 is 10.6. The lowest BCUT2D eigenvalue weighted by Crippen LogP contribution is -2.49. The zero-order chi connectivity index (χ0) is 23.8. The number of hydrogen-bond donors (Lipinski definition) is 3. The molecule has 0 saturated heterocycles. The molecule has 0 fully saturated rings. The van der Waals surface area contributed by atoms with Gasteiger partial charge in [-0.05, 0) is 40.7 Å². The third kappa shape index (κ3) is 6.06. The first-order valence-electron chi connectivity index (χ1n) is 10.6. The summed E-state index contributed by atoms with van der Waals surface area (Å²) in [6.45, 7) is 0.00729. The fourth-order valence-electron chi connectivity index (χ4n) is 3.87. The lowest BCUT2D eigenvalue weighted by Gasteiger charge is -2.20. The molecular weight excluding hydrogens is 444 g/mol. The van der Waals surface area contributed by atoms with Gasteiger partial charge in [0.2, 0.25) is 0 Å². The Morgan fingerprint density at radius 1 is 1.06 bits per heavy atom. The zero-order valence-corrected chi connectivity index (χ0v) is 19.4. The number of carboxylic acid groups (broad SMARTS) is 1. The number of benzene rings is 2. The quantitative estimate of drug-likeness (QED) is 0.461. The van der Waals surface area contributed by atoms with Crippen molar-refractivity contribution in [2.24, 2.45) is 0 Å². The molecule has 1 unspecified atom stereocenters. The van der Waals surface area contributed by atoms with Crippen LogP contribution < -0.4 is 10.6 Å². The van der Waals surface area contributed by atoms with Crippen molar-refractivity contribution in [2.75, 3.05) is 32.3 Å². The van der Waals surface area contributed by atoms with Gasteiger partial charge in [0.05, 0.1) is 6.54 Å². The van der Waals surface area contributed by atoms with Crippen molar-refractivity contribution in [1.82, 2.24) is 10.6 Å². The highest BCUT2D eigenvalue weighted by molar-refractivity contribution is 7.98. The van der Waals surface area contributed by atoms with Crippen molar-refractivity contribution in [3.63, 3.8) is 0 Å². The van der Waals surface area contributed by atoms with Crippen LogP contribution in [0.2, 0.25) is 0 Å². The summed E-state index contributed by atoms with van der Waals surface area (Å²) in [4.78, 5) is 36.1. The molecule has 1 aliphatic carbocycles. The fraction of sp³-hybridized carbons (Fsp3) is 0.375. The lowest BCUT2D eigenvalue weighted by atomic mass is 9.98. The molecule has 2 aromatic carbocycles. The molecular formula is C24H28N2O6S. The van der Waals surface area contributed by atoms with Crippen LogP contribution in [0.4, 0.5) is 4.79 Å². The van der Waals surface area contributed by atoms with E-state index < -0.39 is 30.1 Å². The van der Waals surface area contributed by atoms with Crippen molar-refractivity contribution in [1.29, 1.82) is 0 Å². The van der Waals surface area contributed by atoms with E-state index in [1.165, 1.54) is 18.9 Å². The Morgan fingerprint density at radius 3 is 2.21 bits per heavy atom. The third-order valence-corrected chi connectivity index (χ3v) is 6.22. The first-order chi connectivity index (χ1) is 16.0. The summed E-state index contributed by atoms with van der Waals surface area (Å²) in [5.41, 5.74) is 4.47. The number of nitrogens with one attached hydrogen (secondary N) is 2. The number of fused-ring (bicyclic) bond motifs is 3. The average molecular weight is 473 g/mol. The van der Waals surface area contributed by atoms with Gasteiger partial charge in [-0.15, -0.1) is 0 Å². The van der Waals surface area contributed by atoms with Crippen LogP contribution >= 0.6 is 11.8 Å². The first-order valence-corrected chi connectivity index (χ1v) is 12.0. The Labute approximate surface area is 197 Å². The van der Waals surface area contributed by atoms with E-state index in [9.17, 15) is 19.5 Å². The van der Waals surface area contributed by atoms with Crippen molar-refractivity contribution < 1.29 is 29.0 Å². The fourth-order valence-corrected chi connectivity index (χ4v) is 4.34. The Kier molecular flexibility index (Phi) is 8.73. The second kappa shape index (κ2) is 11.7. The number of hydrogen-bond acceptors (Lipinski definition) is 6. The van der Waals surface area contributed by atoms with Crippen LogP contribution in [0.15, 0.2) is 48.5 Å². The summed E-state index contributed by atoms with van der Waals surface area (Å²) in [6, 6.07) is 15.0. The van der Waals surface area contributed by atoms with Crippen molar-refractivity contribution >= 4 is 29.7 Å². The molecule has 2 aromatic rings. The van der Waals surface area contributed by atoms with E-state index in [1.807, 2.05) is 42.7 Å². The van der Waals surface area contributed by atoms with E-state index in [-0.39, 0.29) is 19.1 Å². The smallest absolute Gasteiger partial charge is 0.407 e. The first kappa shape index (κ1) is 24.6. The molecule has 0 radical (unpaired) electrons. The van der Waals surface area contributed by atoms with Crippen LogP contribution in [0.25, 0.3) is 11.1 Å². The van der Waals surface area contributed by atoms with E-state index in [1.54, 1.807) is 0 Å². The Hall–Kier alpha value is -3.04. The largest absolute Gasteiger partial charge is 0.480 e. The molecule has 0 heterocycles. The predicted molar refractivity (Wildman–Crippen MR) is 126 cm³/mol. The molecule has 0 aromatic heterocycles. The topological polar surface area (TPSA) is 114 Å². The van der Waals surface area contributed by atoms with Gasteiger partial charge >= 0.3 is 12.1 Å². The molecule has 0 aliphatic heterocycles. The number of carboxylic acids is 1. The number of methoxy groups -OCH3 is 1. The molecule has 9 heteroatoms. The Balaban J connectivity index is 1.53. The molecule has 3 N–H and O–H groups in total. The number of amides is 2. The molecule has 3 rings (SSSR count). The van der Waals surface area contributed by atoms with Crippen LogP contribution in [-0.2, 0) is 19.1 Å². The lowest BCUT2D eigenvalue weighted by molar-refractivity contribution is -0.143. The number of rotatable bonds is 11. The monoisotopic (exact) mass is 472 g/mol. The number of ether oxygens (including phenoxy) is 2. The summed E-state index contributed by atoms with van der Waals surface area (Å²) >= 11 is 1.49. The molecule has 176 valence electrons. The molecule has 8 nitrogen and oxygen atoms in total. The van der Waals surface area contributed by atoms with Crippen LogP contribution in [0.5, 0.6) is 0 Å². The number of aliphatic carboxylic acids is 1. The predicted octanol–water partition coefficient (Wildman–Crippen LogP) is 2.86. The minimum Gasteiger partial charge on any atom is -0.480 e. The summed E-state index contributed by atoms with van der Waals surface area (Å²) in [6.07, 6.45) is 0.431. The standard InChI is InChI=1S/C24H28N2O6S/c1-31-21(22(27)26-20(23(28)29)11-12-33-2)13-25-24(30)32-14-19-17-9-5-3-7-15(17)16-8-4-6-10-18(16)19/h3-10,19-21H,11-14H2,1-2H3,(H,25,30)(H,26,27)(H,28,29)/t20-,21?/m0/s1. The van der Waals surface area contributed by atoms with E-state index in [4.69, 9.17) is 9.47 Å². The van der Waals surface area contributed by atoms with Gasteiger partial charge in [0.15, 0.2) is 6.10 Å². The van der Waals surface area contributed by atoms with Gasteiger partial charge in [-0.3, -0.25) is 4.79 Å². The van der Waals surface area contributed by atoms with Crippen molar-refractivity contribution in [3.05, 3.63) is 59.7 Å². The summed E-state index contributed by atoms with van der Waals surface area (Å²) in [5.74, 6) is -1.20. The van der Waals surface area contributed by atoms with E-state index in [0.717, 1.165) is 22.3 Å². The average Bonchev–Trinajstić information content (AvgIpc) is 3.14. The van der Waals surface area contributed by atoms with Gasteiger partial charge < -0.3 is 25.2 Å². The minimum atomic E-state index is -1.11. The zero-order valence-electron chi connectivity index (χ0n) is 18.6. The Morgan fingerprint density at radius 2 is 1.67 bits per heavy atom. The van der Waals surface area contributed by atoms with Gasteiger partial charge in [-0.25, -0.2) is 9.59 Å². The molecule has 0 saturated carbocycles. The highest BCUT2D eigenvalue weighted by atomic mass is 32.2. The minimum absolute atomic E-state index is 0.0718. The molecule has 1 aliphatic rings. The third-order valence-electron chi connectivity index (χ3n) is 5.58. The van der Waals surface area contributed by atoms with Gasteiger partial charge in [0.1, 0.15) is 12.6 Å². The maximum absolute atomic E-state index is 12.4. The summed E-state index contributed by atoms with van der Waals surface area (Å²) in [7, 11) is 1.32. The Bertz CT molecular complexity index is 953. The normalized spacial score (nSPS) is 14.0. The van der Waals surface area contributed by atoms with E-state index in [2.05, 4.69) is 22.8 Å². The second-order valence-corrected chi connectivity index (χ2v) is 8.60. The molecule has 0 spiro atoms. The van der Waals surface area contributed by atoms with Gasteiger partial charge in [-0.2, -0.15) is 11.8 Å². The van der Waals surface area contributed by atoms with Gasteiger partial charge in [-0.1, -0.05) is 48.5 Å². The SMILES string of the molecule is COC(CNC(=O)OCC1c2ccccc2-c2ccccc21)C(=O)N[C@@H](CCSC)C(=O)O.